The van der Waals surface area contributed by atoms with Crippen LogP contribution in [0.2, 0.25) is 0 Å². The van der Waals surface area contributed by atoms with Crippen LogP contribution in [0.3, 0.4) is 0 Å². The fraction of sp³-hybridized carbons (Fsp3) is 0.529. The molecular weight excluding hydrogens is 266 g/mol. The molecule has 0 aliphatic heterocycles. The van der Waals surface area contributed by atoms with E-state index in [9.17, 15) is 9.59 Å². The van der Waals surface area contributed by atoms with Crippen molar-refractivity contribution in [3.63, 3.8) is 0 Å². The second kappa shape index (κ2) is 5.17. The zero-order valence-electron chi connectivity index (χ0n) is 12.4. The normalized spacial score (nSPS) is 30.1. The van der Waals surface area contributed by atoms with Gasteiger partial charge in [-0.25, -0.2) is 4.79 Å². The van der Waals surface area contributed by atoms with Crippen LogP contribution < -0.4 is 5.32 Å². The number of carbonyl (C=O) groups excluding carboxylic acids is 2. The lowest BCUT2D eigenvalue weighted by molar-refractivity contribution is -0.126. The van der Waals surface area contributed by atoms with Gasteiger partial charge in [-0.1, -0.05) is 30.3 Å². The molecule has 0 radical (unpaired) electrons. The number of benzene rings is 1. The van der Waals surface area contributed by atoms with Crippen molar-refractivity contribution in [3.05, 3.63) is 35.9 Å². The minimum atomic E-state index is -0.375. The Bertz CT molecular complexity index is 544. The first kappa shape index (κ1) is 14.1. The van der Waals surface area contributed by atoms with E-state index in [0.29, 0.717) is 0 Å². The number of Topliss-reactive ketones (excluding diaryl/α,β-unsaturated/α-hetero) is 1. The zero-order valence-corrected chi connectivity index (χ0v) is 12.4. The standard InChI is InChI=1S/C17H21NO3/c1-13(19)16-7-9-17(12-16,10-8-16)18-15(20)21-11-14-5-3-2-4-6-14/h2-6H,7-12H2,1H3,(H,18,20). The van der Waals surface area contributed by atoms with E-state index in [1.165, 1.54) is 0 Å². The van der Waals surface area contributed by atoms with E-state index >= 15 is 0 Å². The number of rotatable bonds is 4. The molecule has 112 valence electrons. The van der Waals surface area contributed by atoms with Crippen LogP contribution in [0.15, 0.2) is 30.3 Å². The summed E-state index contributed by atoms with van der Waals surface area (Å²) in [7, 11) is 0. The van der Waals surface area contributed by atoms with Crippen LogP contribution in [-0.2, 0) is 16.1 Å². The first-order chi connectivity index (χ1) is 10.0. The number of hydrogen-bond acceptors (Lipinski definition) is 3. The van der Waals surface area contributed by atoms with Crippen molar-refractivity contribution in [2.24, 2.45) is 5.41 Å². The van der Waals surface area contributed by atoms with Crippen molar-refractivity contribution in [3.8, 4) is 0 Å². The van der Waals surface area contributed by atoms with Gasteiger partial charge in [-0.2, -0.15) is 0 Å². The van der Waals surface area contributed by atoms with Gasteiger partial charge in [0.25, 0.3) is 0 Å². The van der Waals surface area contributed by atoms with E-state index in [1.807, 2.05) is 30.3 Å². The van der Waals surface area contributed by atoms with Gasteiger partial charge in [0, 0.05) is 11.0 Å². The lowest BCUT2D eigenvalue weighted by Crippen LogP contribution is -2.45. The SMILES string of the molecule is CC(=O)C12CCC(NC(=O)OCc3ccccc3)(CC1)C2. The van der Waals surface area contributed by atoms with Gasteiger partial charge in [-0.15, -0.1) is 0 Å². The third-order valence-electron chi connectivity index (χ3n) is 5.17. The third-order valence-corrected chi connectivity index (χ3v) is 5.17. The predicted molar refractivity (Wildman–Crippen MR) is 78.7 cm³/mol. The van der Waals surface area contributed by atoms with Crippen LogP contribution in [0, 0.1) is 5.41 Å². The second-order valence-corrected chi connectivity index (χ2v) is 6.48. The lowest BCUT2D eigenvalue weighted by Gasteiger charge is -2.27. The van der Waals surface area contributed by atoms with Gasteiger partial charge in [0.15, 0.2) is 0 Å². The summed E-state index contributed by atoms with van der Waals surface area (Å²) in [6.07, 6.45) is 3.94. The molecule has 21 heavy (non-hydrogen) atoms. The molecule has 2 fully saturated rings. The molecule has 0 spiro atoms. The predicted octanol–water partition coefficient (Wildman–Crippen LogP) is 3.20. The van der Waals surface area contributed by atoms with Gasteiger partial charge in [-0.05, 0) is 44.6 Å². The molecule has 0 heterocycles. The molecule has 1 N–H and O–H groups in total. The maximum Gasteiger partial charge on any atom is 0.407 e. The number of carbonyl (C=O) groups is 2. The molecule has 2 saturated carbocycles. The van der Waals surface area contributed by atoms with Crippen LogP contribution in [0.5, 0.6) is 0 Å². The number of fused-ring (bicyclic) bond motifs is 2. The zero-order chi connectivity index (χ0) is 14.9. The monoisotopic (exact) mass is 287 g/mol. The summed E-state index contributed by atoms with van der Waals surface area (Å²) in [4.78, 5) is 23.8. The Morgan fingerprint density at radius 3 is 2.38 bits per heavy atom. The smallest absolute Gasteiger partial charge is 0.407 e. The molecule has 4 heteroatoms. The largest absolute Gasteiger partial charge is 0.445 e. The van der Waals surface area contributed by atoms with Crippen LogP contribution in [0.1, 0.15) is 44.6 Å². The average Bonchev–Trinajstić information content (AvgIpc) is 3.03. The molecule has 4 nitrogen and oxygen atoms in total. The summed E-state index contributed by atoms with van der Waals surface area (Å²) < 4.78 is 5.29. The van der Waals surface area contributed by atoms with Crippen molar-refractivity contribution in [2.45, 2.75) is 51.2 Å². The first-order valence-electron chi connectivity index (χ1n) is 7.54. The highest BCUT2D eigenvalue weighted by Gasteiger charge is 2.57. The third kappa shape index (κ3) is 2.67. The average molecular weight is 287 g/mol. The Morgan fingerprint density at radius 2 is 1.81 bits per heavy atom. The summed E-state index contributed by atoms with van der Waals surface area (Å²) in [6, 6.07) is 9.63. The number of alkyl carbamates (subject to hydrolysis) is 1. The second-order valence-electron chi connectivity index (χ2n) is 6.48. The van der Waals surface area contributed by atoms with E-state index < -0.39 is 0 Å². The number of hydrogen-bond donors (Lipinski definition) is 1. The molecule has 0 aromatic heterocycles. The Hall–Kier alpha value is -1.84. The molecular formula is C17H21NO3. The number of ether oxygens (including phenoxy) is 1. The number of amides is 1. The van der Waals surface area contributed by atoms with Crippen LogP contribution in [-0.4, -0.2) is 17.4 Å². The maximum absolute atomic E-state index is 12.0. The van der Waals surface area contributed by atoms with Crippen molar-refractivity contribution in [2.75, 3.05) is 0 Å². The minimum absolute atomic E-state index is 0.188. The highest BCUT2D eigenvalue weighted by Crippen LogP contribution is 2.56. The Balaban J connectivity index is 1.55. The molecule has 1 aromatic rings. The molecule has 3 rings (SSSR count). The highest BCUT2D eigenvalue weighted by molar-refractivity contribution is 5.84. The molecule has 1 aromatic carbocycles. The molecule has 2 bridgehead atoms. The van der Waals surface area contributed by atoms with Crippen LogP contribution in [0.25, 0.3) is 0 Å². The van der Waals surface area contributed by atoms with Gasteiger partial charge in [0.2, 0.25) is 0 Å². The van der Waals surface area contributed by atoms with Gasteiger partial charge < -0.3 is 10.1 Å². The van der Waals surface area contributed by atoms with E-state index in [2.05, 4.69) is 5.32 Å². The molecule has 0 unspecified atom stereocenters. The number of nitrogens with one attached hydrogen (secondary N) is 1. The van der Waals surface area contributed by atoms with E-state index in [4.69, 9.17) is 4.74 Å². The van der Waals surface area contributed by atoms with E-state index in [1.54, 1.807) is 6.92 Å². The van der Waals surface area contributed by atoms with E-state index in [0.717, 1.165) is 37.7 Å². The van der Waals surface area contributed by atoms with Gasteiger partial charge in [0.05, 0.1) is 0 Å². The summed E-state index contributed by atoms with van der Waals surface area (Å²) in [5.74, 6) is 0.265. The fourth-order valence-corrected chi connectivity index (χ4v) is 3.83. The summed E-state index contributed by atoms with van der Waals surface area (Å²) in [5, 5.41) is 3.02. The Labute approximate surface area is 124 Å². The van der Waals surface area contributed by atoms with Crippen molar-refractivity contribution >= 4 is 11.9 Å². The molecule has 0 atom stereocenters. The van der Waals surface area contributed by atoms with E-state index in [-0.39, 0.29) is 29.4 Å². The van der Waals surface area contributed by atoms with Gasteiger partial charge in [0.1, 0.15) is 12.4 Å². The summed E-state index contributed by atoms with van der Waals surface area (Å²) in [6.45, 7) is 1.95. The molecule has 2 aliphatic carbocycles. The minimum Gasteiger partial charge on any atom is -0.445 e. The maximum atomic E-state index is 12.0. The van der Waals surface area contributed by atoms with Crippen LogP contribution in [0.4, 0.5) is 4.79 Å². The lowest BCUT2D eigenvalue weighted by atomic mass is 9.81. The van der Waals surface area contributed by atoms with Crippen molar-refractivity contribution in [1.29, 1.82) is 0 Å². The van der Waals surface area contributed by atoms with Gasteiger partial charge >= 0.3 is 6.09 Å². The quantitative estimate of drug-likeness (QED) is 0.925. The molecule has 1 amide bonds. The molecule has 2 aliphatic rings. The number of ketones is 1. The first-order valence-corrected chi connectivity index (χ1v) is 7.54. The molecule has 0 saturated heterocycles. The highest BCUT2D eigenvalue weighted by atomic mass is 16.5. The Morgan fingerprint density at radius 1 is 1.14 bits per heavy atom. The Kier molecular flexibility index (Phi) is 3.47. The van der Waals surface area contributed by atoms with Crippen molar-refractivity contribution < 1.29 is 14.3 Å². The summed E-state index contributed by atoms with van der Waals surface area (Å²) in [5.41, 5.74) is 0.563. The fourth-order valence-electron chi connectivity index (χ4n) is 3.83. The van der Waals surface area contributed by atoms with Gasteiger partial charge in [-0.3, -0.25) is 4.79 Å². The van der Waals surface area contributed by atoms with Crippen molar-refractivity contribution in [1.82, 2.24) is 5.32 Å². The summed E-state index contributed by atoms with van der Waals surface area (Å²) >= 11 is 0. The van der Waals surface area contributed by atoms with Crippen LogP contribution >= 0.6 is 0 Å². The topological polar surface area (TPSA) is 55.4 Å².